The molecule has 0 unspecified atom stereocenters. The van der Waals surface area contributed by atoms with Crippen LogP contribution in [-0.2, 0) is 19.5 Å². The molecule has 0 fully saturated rings. The zero-order chi connectivity index (χ0) is 3.41. The van der Waals surface area contributed by atoms with Crippen molar-refractivity contribution in [3.63, 3.8) is 0 Å². The largest absolute Gasteiger partial charge is 0.261 e. The van der Waals surface area contributed by atoms with E-state index in [1.165, 1.54) is 0 Å². The molecule has 0 saturated heterocycles. The van der Waals surface area contributed by atoms with Gasteiger partial charge in [0.25, 0.3) is 0 Å². The number of hydrazine groups is 1. The van der Waals surface area contributed by atoms with E-state index in [4.69, 9.17) is 0 Å². The summed E-state index contributed by atoms with van der Waals surface area (Å²) in [6.45, 7) is 0. The Balaban J connectivity index is 0. The van der Waals surface area contributed by atoms with Gasteiger partial charge in [-0.15, -0.1) is 0 Å². The Bertz CT molecular complexity index is 9.61. The van der Waals surface area contributed by atoms with E-state index < -0.39 is 0 Å². The Morgan fingerprint density at radius 2 is 1.20 bits per heavy atom. The molecule has 0 aliphatic rings. The molecule has 5 heavy (non-hydrogen) atoms. The molecule has 0 aromatic heterocycles. The number of nitrogens with one attached hydrogen (secondary N) is 2. The fourth-order valence-corrected chi connectivity index (χ4v) is 0. The van der Waals surface area contributed by atoms with Crippen molar-refractivity contribution in [3.8, 4) is 0 Å². The van der Waals surface area contributed by atoms with Gasteiger partial charge >= 0.3 is 0 Å². The summed E-state index contributed by atoms with van der Waals surface area (Å²) in [7, 11) is 3.64. The summed E-state index contributed by atoms with van der Waals surface area (Å²) in [6.07, 6.45) is 0. The molecule has 2 nitrogen and oxygen atoms in total. The van der Waals surface area contributed by atoms with Crippen molar-refractivity contribution in [1.82, 2.24) is 10.9 Å². The predicted molar refractivity (Wildman–Crippen MR) is 18.1 cm³/mol. The van der Waals surface area contributed by atoms with Crippen LogP contribution in [0.2, 0.25) is 0 Å². The van der Waals surface area contributed by atoms with Gasteiger partial charge in [0, 0.05) is 19.5 Å². The van der Waals surface area contributed by atoms with Crippen LogP contribution in [0.3, 0.4) is 0 Å². The maximum Gasteiger partial charge on any atom is 0 e. The zero-order valence-corrected chi connectivity index (χ0v) is 5.09. The zero-order valence-electron chi connectivity index (χ0n) is 3.35. The molecule has 0 heterocycles. The molecule has 0 aromatic carbocycles. The van der Waals surface area contributed by atoms with E-state index in [-0.39, 0.29) is 19.5 Å². The molecule has 2 N–H and O–H groups in total. The molecule has 0 atom stereocenters. The van der Waals surface area contributed by atoms with E-state index in [0.717, 1.165) is 0 Å². The second kappa shape index (κ2) is 8.82. The second-order valence-corrected chi connectivity index (χ2v) is 0.500. The molecule has 0 aliphatic heterocycles. The molecule has 0 aliphatic carbocycles. The normalized spacial score (nSPS) is 6.00. The van der Waals surface area contributed by atoms with Crippen molar-refractivity contribution in [1.29, 1.82) is 0 Å². The topological polar surface area (TPSA) is 24.1 Å². The van der Waals surface area contributed by atoms with Crippen LogP contribution < -0.4 is 10.9 Å². The molecule has 0 radical (unpaired) electrons. The maximum absolute atomic E-state index is 2.68. The first kappa shape index (κ1) is 9.11. The molecular weight excluding hydrogens is 153 g/mol. The Hall–Kier alpha value is 0.543. The van der Waals surface area contributed by atoms with Crippen molar-refractivity contribution < 1.29 is 19.5 Å². The Morgan fingerprint density at radius 1 is 1.00 bits per heavy atom. The molecular formula is C2H8N2Ru. The second-order valence-electron chi connectivity index (χ2n) is 0.500. The summed E-state index contributed by atoms with van der Waals surface area (Å²) in [5.74, 6) is 0. The molecule has 0 aromatic rings. The third kappa shape index (κ3) is 12.3. The summed E-state index contributed by atoms with van der Waals surface area (Å²) >= 11 is 0. The standard InChI is InChI=1S/C2H8N2.Ru/c1-3-4-2;/h3-4H,1-2H3;. The van der Waals surface area contributed by atoms with Crippen LogP contribution in [0.4, 0.5) is 0 Å². The number of hydrogen-bond acceptors (Lipinski definition) is 2. The summed E-state index contributed by atoms with van der Waals surface area (Å²) in [4.78, 5) is 0. The van der Waals surface area contributed by atoms with Gasteiger partial charge in [-0.25, -0.2) is 0 Å². The van der Waals surface area contributed by atoms with Crippen LogP contribution in [0.1, 0.15) is 0 Å². The van der Waals surface area contributed by atoms with Gasteiger partial charge in [-0.2, -0.15) is 0 Å². The summed E-state index contributed by atoms with van der Waals surface area (Å²) < 4.78 is 0. The van der Waals surface area contributed by atoms with E-state index in [1.807, 2.05) is 14.1 Å². The van der Waals surface area contributed by atoms with Crippen molar-refractivity contribution in [3.05, 3.63) is 0 Å². The Labute approximate surface area is 45.1 Å². The smallest absolute Gasteiger partial charge is 0 e. The monoisotopic (exact) mass is 162 g/mol. The van der Waals surface area contributed by atoms with Crippen molar-refractivity contribution in [2.75, 3.05) is 14.1 Å². The number of rotatable bonds is 1. The van der Waals surface area contributed by atoms with Gasteiger partial charge in [-0.3, -0.25) is 10.9 Å². The minimum Gasteiger partial charge on any atom is -0.261 e. The van der Waals surface area contributed by atoms with E-state index >= 15 is 0 Å². The molecule has 0 rings (SSSR count). The van der Waals surface area contributed by atoms with Crippen LogP contribution in [-0.4, -0.2) is 14.1 Å². The molecule has 0 spiro atoms. The molecule has 34 valence electrons. The van der Waals surface area contributed by atoms with Gasteiger partial charge in [-0.1, -0.05) is 0 Å². The van der Waals surface area contributed by atoms with E-state index in [1.54, 1.807) is 0 Å². The minimum atomic E-state index is 0. The summed E-state index contributed by atoms with van der Waals surface area (Å²) in [5, 5.41) is 0. The number of hydrogen-bond donors (Lipinski definition) is 2. The van der Waals surface area contributed by atoms with Gasteiger partial charge in [0.15, 0.2) is 0 Å². The SMILES string of the molecule is CNNC.[Ru]. The first-order chi connectivity index (χ1) is 1.91. The van der Waals surface area contributed by atoms with Crippen molar-refractivity contribution in [2.24, 2.45) is 0 Å². The van der Waals surface area contributed by atoms with Gasteiger partial charge in [0.1, 0.15) is 0 Å². The van der Waals surface area contributed by atoms with Gasteiger partial charge in [-0.05, 0) is 14.1 Å². The quantitative estimate of drug-likeness (QED) is 0.394. The third-order valence-corrected chi connectivity index (χ3v) is 0.250. The van der Waals surface area contributed by atoms with Crippen LogP contribution in [0, 0.1) is 0 Å². The fourth-order valence-electron chi connectivity index (χ4n) is 0. The van der Waals surface area contributed by atoms with Crippen LogP contribution in [0.25, 0.3) is 0 Å². The summed E-state index contributed by atoms with van der Waals surface area (Å²) in [6, 6.07) is 0. The van der Waals surface area contributed by atoms with Crippen LogP contribution in [0.15, 0.2) is 0 Å². The fraction of sp³-hybridized carbons (Fsp3) is 1.00. The van der Waals surface area contributed by atoms with E-state index in [0.29, 0.717) is 0 Å². The average molecular weight is 161 g/mol. The van der Waals surface area contributed by atoms with Crippen molar-refractivity contribution in [2.45, 2.75) is 0 Å². The Morgan fingerprint density at radius 3 is 1.20 bits per heavy atom. The molecule has 0 amide bonds. The summed E-state index contributed by atoms with van der Waals surface area (Å²) in [5.41, 5.74) is 5.36. The van der Waals surface area contributed by atoms with Crippen LogP contribution >= 0.6 is 0 Å². The predicted octanol–water partition coefficient (Wildman–Crippen LogP) is -0.662. The minimum absolute atomic E-state index is 0. The van der Waals surface area contributed by atoms with Crippen molar-refractivity contribution >= 4 is 0 Å². The van der Waals surface area contributed by atoms with Gasteiger partial charge < -0.3 is 0 Å². The van der Waals surface area contributed by atoms with Gasteiger partial charge in [0.2, 0.25) is 0 Å². The third-order valence-electron chi connectivity index (χ3n) is 0.250. The first-order valence-corrected chi connectivity index (χ1v) is 1.25. The molecule has 0 saturated carbocycles. The molecule has 3 heteroatoms. The maximum atomic E-state index is 2.68. The van der Waals surface area contributed by atoms with Gasteiger partial charge in [0.05, 0.1) is 0 Å². The van der Waals surface area contributed by atoms with Crippen LogP contribution in [0.5, 0.6) is 0 Å². The average Bonchev–Trinajstić information content (AvgIpc) is 1.37. The Kier molecular flexibility index (Phi) is 16.1. The van der Waals surface area contributed by atoms with E-state index in [2.05, 4.69) is 10.9 Å². The molecule has 0 bridgehead atoms. The van der Waals surface area contributed by atoms with E-state index in [9.17, 15) is 0 Å². The first-order valence-electron chi connectivity index (χ1n) is 1.25.